The topological polar surface area (TPSA) is 115 Å². The van der Waals surface area contributed by atoms with Crippen molar-refractivity contribution in [3.05, 3.63) is 34.9 Å². The van der Waals surface area contributed by atoms with Gasteiger partial charge in [-0.05, 0) is 87.0 Å². The van der Waals surface area contributed by atoms with Crippen LogP contribution in [0.4, 0.5) is 0 Å². The largest absolute Gasteiger partial charge is 0.481 e. The number of hydrogen-bond acceptors (Lipinski definition) is 5. The number of aliphatic hydroxyl groups is 3. The molecule has 0 aromatic heterocycles. The summed E-state index contributed by atoms with van der Waals surface area (Å²) in [6, 6.07) is 0. The van der Waals surface area contributed by atoms with E-state index in [1.165, 1.54) is 0 Å². The Morgan fingerprint density at radius 2 is 1.78 bits per heavy atom. The smallest absolute Gasteiger partial charge is 0.306 e. The summed E-state index contributed by atoms with van der Waals surface area (Å²) in [6.07, 6.45) is 8.68. The van der Waals surface area contributed by atoms with Crippen molar-refractivity contribution in [2.24, 2.45) is 39.9 Å². The molecular formula is C30H44O6. The second-order valence-corrected chi connectivity index (χ2v) is 13.0. The van der Waals surface area contributed by atoms with E-state index in [1.807, 2.05) is 40.7 Å². The summed E-state index contributed by atoms with van der Waals surface area (Å²) in [7, 11) is 0. The van der Waals surface area contributed by atoms with Gasteiger partial charge >= 0.3 is 5.97 Å². The van der Waals surface area contributed by atoms with Crippen molar-refractivity contribution >= 4 is 12.3 Å². The lowest BCUT2D eigenvalue weighted by Crippen LogP contribution is -2.51. The maximum absolute atomic E-state index is 13.1. The first-order chi connectivity index (χ1) is 16.8. The molecule has 2 saturated carbocycles. The van der Waals surface area contributed by atoms with Gasteiger partial charge in [-0.2, -0.15) is 0 Å². The number of aliphatic carboxylic acids is 1. The molecule has 0 aliphatic heterocycles. The average molecular weight is 501 g/mol. The number of carbonyl (C=O) groups is 2. The highest BCUT2D eigenvalue weighted by molar-refractivity contribution is 5.72. The van der Waals surface area contributed by atoms with Crippen LogP contribution in [0.2, 0.25) is 0 Å². The molecule has 36 heavy (non-hydrogen) atoms. The zero-order chi connectivity index (χ0) is 26.6. The SMILES string of the molecule is CC(C)=CCC[C@@H](C(=O)O)[C@H]1[C@@H](O)C[C@@]2(C=O)[C@@H]3CC[C@@H]4C(=CC3=CC[C@]12C)C[C@@H](O)[C@H](O)C4(C)C. The highest BCUT2D eigenvalue weighted by atomic mass is 16.4. The van der Waals surface area contributed by atoms with Crippen LogP contribution in [0, 0.1) is 39.9 Å². The van der Waals surface area contributed by atoms with Crippen molar-refractivity contribution in [1.82, 2.24) is 0 Å². The van der Waals surface area contributed by atoms with E-state index in [0.717, 1.165) is 35.8 Å². The highest BCUT2D eigenvalue weighted by Gasteiger charge is 2.67. The number of carboxylic acid groups (broad SMARTS) is 1. The summed E-state index contributed by atoms with van der Waals surface area (Å²) in [5.74, 6) is -2.17. The number of aliphatic hydroxyl groups excluding tert-OH is 3. The summed E-state index contributed by atoms with van der Waals surface area (Å²) >= 11 is 0. The Balaban J connectivity index is 1.73. The van der Waals surface area contributed by atoms with Gasteiger partial charge < -0.3 is 25.2 Å². The van der Waals surface area contributed by atoms with E-state index in [1.54, 1.807) is 0 Å². The van der Waals surface area contributed by atoms with E-state index >= 15 is 0 Å². The zero-order valence-electron chi connectivity index (χ0n) is 22.4. The van der Waals surface area contributed by atoms with Crippen molar-refractivity contribution < 1.29 is 30.0 Å². The molecule has 9 atom stereocenters. The lowest BCUT2D eigenvalue weighted by Gasteiger charge is -2.51. The summed E-state index contributed by atoms with van der Waals surface area (Å²) in [4.78, 5) is 25.5. The van der Waals surface area contributed by atoms with Crippen molar-refractivity contribution in [3.8, 4) is 0 Å². The number of rotatable bonds is 6. The molecule has 6 nitrogen and oxygen atoms in total. The first-order valence-electron chi connectivity index (χ1n) is 13.6. The minimum Gasteiger partial charge on any atom is -0.481 e. The Morgan fingerprint density at radius 3 is 2.39 bits per heavy atom. The zero-order valence-corrected chi connectivity index (χ0v) is 22.4. The maximum atomic E-state index is 13.1. The molecule has 0 saturated heterocycles. The molecule has 0 aromatic carbocycles. The molecule has 0 amide bonds. The molecule has 4 aliphatic carbocycles. The lowest BCUT2D eigenvalue weighted by molar-refractivity contribution is -0.150. The van der Waals surface area contributed by atoms with Crippen LogP contribution in [0.1, 0.15) is 79.6 Å². The molecule has 2 fully saturated rings. The minimum absolute atomic E-state index is 0.0929. The number of allylic oxidation sites excluding steroid dienone is 5. The standard InChI is InChI=1S/C30H44O6/c1-17(2)7-6-8-20(27(35)36)25-24(33)15-30(16-31)22-10-9-21-19(13-18(22)11-12-29(25,30)5)14-23(32)26(34)28(21,3)4/h7,11,13,16,20-26,32-34H,6,8-10,12,14-15H2,1-5H3,(H,35,36)/t20-,21-,22-,23-,24+,25+,26+,29-,30-/m1/s1. The van der Waals surface area contributed by atoms with E-state index < -0.39 is 52.4 Å². The van der Waals surface area contributed by atoms with Crippen LogP contribution in [-0.2, 0) is 9.59 Å². The molecule has 4 rings (SSSR count). The van der Waals surface area contributed by atoms with Crippen molar-refractivity contribution in [1.29, 1.82) is 0 Å². The summed E-state index contributed by atoms with van der Waals surface area (Å²) in [5, 5.41) is 42.9. The fraction of sp³-hybridized carbons (Fsp3) is 0.733. The van der Waals surface area contributed by atoms with Crippen LogP contribution in [0.5, 0.6) is 0 Å². The van der Waals surface area contributed by atoms with Gasteiger partial charge in [0.25, 0.3) is 0 Å². The predicted molar refractivity (Wildman–Crippen MR) is 138 cm³/mol. The van der Waals surface area contributed by atoms with E-state index in [9.17, 15) is 30.0 Å². The molecule has 6 heteroatoms. The van der Waals surface area contributed by atoms with Crippen LogP contribution in [0.3, 0.4) is 0 Å². The monoisotopic (exact) mass is 500 g/mol. The minimum atomic E-state index is -0.905. The van der Waals surface area contributed by atoms with Crippen LogP contribution >= 0.6 is 0 Å². The number of aldehydes is 1. The van der Waals surface area contributed by atoms with Crippen LogP contribution < -0.4 is 0 Å². The van der Waals surface area contributed by atoms with Crippen LogP contribution in [0.15, 0.2) is 34.9 Å². The molecule has 0 unspecified atom stereocenters. The van der Waals surface area contributed by atoms with Gasteiger partial charge in [-0.1, -0.05) is 50.1 Å². The molecule has 4 aliphatic rings. The third kappa shape index (κ3) is 4.04. The molecule has 0 radical (unpaired) electrons. The Morgan fingerprint density at radius 1 is 1.11 bits per heavy atom. The third-order valence-corrected chi connectivity index (χ3v) is 10.6. The first-order valence-corrected chi connectivity index (χ1v) is 13.6. The second kappa shape index (κ2) is 9.52. The van der Waals surface area contributed by atoms with Crippen LogP contribution in [0.25, 0.3) is 0 Å². The highest BCUT2D eigenvalue weighted by Crippen LogP contribution is 2.68. The second-order valence-electron chi connectivity index (χ2n) is 13.0. The molecular weight excluding hydrogens is 456 g/mol. The van der Waals surface area contributed by atoms with E-state index in [0.29, 0.717) is 25.7 Å². The van der Waals surface area contributed by atoms with Gasteiger partial charge in [0.1, 0.15) is 6.29 Å². The predicted octanol–water partition coefficient (Wildman–Crippen LogP) is 4.44. The molecule has 0 spiro atoms. The lowest BCUT2D eigenvalue weighted by atomic mass is 9.50. The Hall–Kier alpha value is -1.76. The number of carboxylic acids is 1. The molecule has 0 aromatic rings. The average Bonchev–Trinajstić information content (AvgIpc) is 2.90. The van der Waals surface area contributed by atoms with E-state index in [4.69, 9.17) is 0 Å². The van der Waals surface area contributed by atoms with E-state index in [-0.39, 0.29) is 18.3 Å². The van der Waals surface area contributed by atoms with Crippen molar-refractivity contribution in [3.63, 3.8) is 0 Å². The van der Waals surface area contributed by atoms with Gasteiger partial charge in [0.15, 0.2) is 0 Å². The summed E-state index contributed by atoms with van der Waals surface area (Å²) in [5.41, 5.74) is 1.32. The van der Waals surface area contributed by atoms with Crippen LogP contribution in [-0.4, -0.2) is 51.0 Å². The fourth-order valence-electron chi connectivity index (χ4n) is 8.59. The van der Waals surface area contributed by atoms with Gasteiger partial charge in [-0.25, -0.2) is 0 Å². The Labute approximate surface area is 215 Å². The number of fused-ring (bicyclic) bond motifs is 4. The molecule has 200 valence electrons. The maximum Gasteiger partial charge on any atom is 0.306 e. The van der Waals surface area contributed by atoms with Gasteiger partial charge in [0.2, 0.25) is 0 Å². The molecule has 4 N–H and O–H groups in total. The van der Waals surface area contributed by atoms with Crippen molar-refractivity contribution in [2.75, 3.05) is 0 Å². The third-order valence-electron chi connectivity index (χ3n) is 10.6. The van der Waals surface area contributed by atoms with Gasteiger partial charge in [-0.3, -0.25) is 4.79 Å². The fourth-order valence-corrected chi connectivity index (χ4v) is 8.59. The van der Waals surface area contributed by atoms with Gasteiger partial charge in [0.05, 0.1) is 24.2 Å². The van der Waals surface area contributed by atoms with Gasteiger partial charge in [0, 0.05) is 11.3 Å². The Kier molecular flexibility index (Phi) is 7.21. The number of hydrogen-bond donors (Lipinski definition) is 4. The van der Waals surface area contributed by atoms with Crippen molar-refractivity contribution in [2.45, 2.75) is 97.9 Å². The molecule has 0 heterocycles. The first kappa shape index (κ1) is 27.3. The van der Waals surface area contributed by atoms with E-state index in [2.05, 4.69) is 12.2 Å². The quantitative estimate of drug-likeness (QED) is 0.317. The summed E-state index contributed by atoms with van der Waals surface area (Å²) in [6.45, 7) is 10.0. The summed E-state index contributed by atoms with van der Waals surface area (Å²) < 4.78 is 0. The molecule has 0 bridgehead atoms. The van der Waals surface area contributed by atoms with Gasteiger partial charge in [-0.15, -0.1) is 0 Å². The number of carbonyl (C=O) groups excluding carboxylic acids is 1. The Bertz CT molecular complexity index is 987. The normalized spacial score (nSPS) is 42.0.